The van der Waals surface area contributed by atoms with Gasteiger partial charge in [-0.2, -0.15) is 4.98 Å². The fraction of sp³-hybridized carbons (Fsp3) is 0.111. The zero-order valence-corrected chi connectivity index (χ0v) is 14.8. The number of primary sulfonamides is 1. The SMILES string of the molecule is Cc1nc([NH2+]Cc2ccc(S(N)(=O)=O)cc2)c2oc3ccccc3c2n1. The van der Waals surface area contributed by atoms with Crippen molar-refractivity contribution >= 4 is 37.9 Å². The number of benzene rings is 2. The Bertz CT molecular complexity index is 1210. The van der Waals surface area contributed by atoms with E-state index < -0.39 is 10.0 Å². The maximum Gasteiger partial charge on any atom is 0.272 e. The molecule has 4 aromatic rings. The molecule has 0 fully saturated rings. The lowest BCUT2D eigenvalue weighted by Crippen LogP contribution is -2.76. The van der Waals surface area contributed by atoms with Crippen LogP contribution in [0.1, 0.15) is 11.4 Å². The lowest BCUT2D eigenvalue weighted by atomic mass is 10.2. The summed E-state index contributed by atoms with van der Waals surface area (Å²) in [6.45, 7) is 2.42. The number of aromatic nitrogens is 2. The van der Waals surface area contributed by atoms with Gasteiger partial charge < -0.3 is 4.42 Å². The molecule has 8 heteroatoms. The number of furan rings is 1. The highest BCUT2D eigenvalue weighted by molar-refractivity contribution is 7.89. The van der Waals surface area contributed by atoms with Gasteiger partial charge in [0.05, 0.1) is 4.90 Å². The minimum absolute atomic E-state index is 0.0961. The van der Waals surface area contributed by atoms with Crippen LogP contribution in [0.15, 0.2) is 57.8 Å². The van der Waals surface area contributed by atoms with Crippen molar-refractivity contribution in [3.8, 4) is 0 Å². The largest absolute Gasteiger partial charge is 0.446 e. The van der Waals surface area contributed by atoms with Gasteiger partial charge in [-0.1, -0.05) is 24.3 Å². The zero-order chi connectivity index (χ0) is 18.3. The quantitative estimate of drug-likeness (QED) is 0.568. The number of hydrogen-bond acceptors (Lipinski definition) is 5. The molecule has 132 valence electrons. The van der Waals surface area contributed by atoms with E-state index in [1.807, 2.05) is 36.5 Å². The first-order valence-electron chi connectivity index (χ1n) is 8.03. The molecule has 0 spiro atoms. The van der Waals surface area contributed by atoms with Crippen LogP contribution in [0.5, 0.6) is 0 Å². The van der Waals surface area contributed by atoms with Crippen LogP contribution >= 0.6 is 0 Å². The van der Waals surface area contributed by atoms with Gasteiger partial charge in [0.15, 0.2) is 0 Å². The van der Waals surface area contributed by atoms with Crippen LogP contribution in [-0.4, -0.2) is 18.4 Å². The minimum atomic E-state index is -3.68. The third-order valence-electron chi connectivity index (χ3n) is 4.14. The molecule has 0 bridgehead atoms. The maximum absolute atomic E-state index is 11.3. The van der Waals surface area contributed by atoms with Crippen molar-refractivity contribution in [2.75, 3.05) is 0 Å². The Morgan fingerprint density at radius 2 is 1.81 bits per heavy atom. The molecule has 0 aliphatic heterocycles. The summed E-state index contributed by atoms with van der Waals surface area (Å²) in [7, 11) is -3.68. The van der Waals surface area contributed by atoms with Crippen molar-refractivity contribution in [1.82, 2.24) is 9.97 Å². The van der Waals surface area contributed by atoms with E-state index in [2.05, 4.69) is 9.97 Å². The molecule has 0 aliphatic carbocycles. The van der Waals surface area contributed by atoms with E-state index in [1.165, 1.54) is 12.1 Å². The van der Waals surface area contributed by atoms with Gasteiger partial charge in [-0.3, -0.25) is 5.32 Å². The summed E-state index contributed by atoms with van der Waals surface area (Å²) in [4.78, 5) is 9.10. The number of para-hydroxylation sites is 1. The number of hydrogen-bond donors (Lipinski definition) is 2. The van der Waals surface area contributed by atoms with E-state index in [-0.39, 0.29) is 4.90 Å². The summed E-state index contributed by atoms with van der Waals surface area (Å²) >= 11 is 0. The number of aryl methyl sites for hydroxylation is 1. The predicted octanol–water partition coefficient (Wildman–Crippen LogP) is 1.73. The molecule has 0 radical (unpaired) electrons. The van der Waals surface area contributed by atoms with Gasteiger partial charge in [-0.05, 0) is 31.2 Å². The molecule has 0 saturated carbocycles. The van der Waals surface area contributed by atoms with Gasteiger partial charge in [0, 0.05) is 10.9 Å². The summed E-state index contributed by atoms with van der Waals surface area (Å²) in [6.07, 6.45) is 0. The third-order valence-corrected chi connectivity index (χ3v) is 5.07. The van der Waals surface area contributed by atoms with Crippen LogP contribution in [0.25, 0.3) is 22.1 Å². The van der Waals surface area contributed by atoms with E-state index in [1.54, 1.807) is 12.1 Å². The van der Waals surface area contributed by atoms with Gasteiger partial charge in [0.2, 0.25) is 15.6 Å². The standard InChI is InChI=1S/C18H16N4O3S/c1-11-21-16-14-4-2-3-5-15(14)25-17(16)18(22-11)20-10-12-6-8-13(9-7-12)26(19,23)24/h2-9H,10H2,1H3,(H2,19,23,24)(H,20,21,22)/p+1. The maximum atomic E-state index is 11.3. The van der Waals surface area contributed by atoms with Crippen LogP contribution < -0.4 is 10.5 Å². The van der Waals surface area contributed by atoms with Crippen LogP contribution in [0.3, 0.4) is 0 Å². The fourth-order valence-electron chi connectivity index (χ4n) is 2.90. The molecule has 0 aliphatic rings. The average Bonchev–Trinajstić information content (AvgIpc) is 2.98. The number of rotatable bonds is 4. The Kier molecular flexibility index (Phi) is 3.95. The van der Waals surface area contributed by atoms with Gasteiger partial charge in [-0.25, -0.2) is 18.5 Å². The predicted molar refractivity (Wildman–Crippen MR) is 97.2 cm³/mol. The molecular weight excluding hydrogens is 352 g/mol. The second-order valence-corrected chi connectivity index (χ2v) is 7.59. The number of nitrogens with zero attached hydrogens (tertiary/aromatic N) is 2. The van der Waals surface area contributed by atoms with Crippen LogP contribution in [-0.2, 0) is 16.6 Å². The van der Waals surface area contributed by atoms with Crippen molar-refractivity contribution in [1.29, 1.82) is 0 Å². The molecule has 2 aromatic carbocycles. The van der Waals surface area contributed by atoms with E-state index in [4.69, 9.17) is 9.56 Å². The van der Waals surface area contributed by atoms with Gasteiger partial charge in [0.25, 0.3) is 5.82 Å². The first-order valence-corrected chi connectivity index (χ1v) is 9.57. The monoisotopic (exact) mass is 369 g/mol. The summed E-state index contributed by atoms with van der Waals surface area (Å²) in [5.74, 6) is 1.39. The first kappa shape index (κ1) is 16.6. The molecular formula is C18H17N4O3S+. The van der Waals surface area contributed by atoms with Crippen molar-refractivity contribution in [3.05, 3.63) is 59.9 Å². The summed E-state index contributed by atoms with van der Waals surface area (Å²) in [5.41, 5.74) is 3.16. The van der Waals surface area contributed by atoms with Crippen LogP contribution in [0.2, 0.25) is 0 Å². The number of sulfonamides is 1. The lowest BCUT2D eigenvalue weighted by molar-refractivity contribution is -0.591. The van der Waals surface area contributed by atoms with Crippen molar-refractivity contribution in [3.63, 3.8) is 0 Å². The molecule has 0 saturated heterocycles. The summed E-state index contributed by atoms with van der Waals surface area (Å²) in [5, 5.41) is 8.03. The second kappa shape index (κ2) is 6.17. The van der Waals surface area contributed by atoms with Crippen molar-refractivity contribution in [2.45, 2.75) is 18.4 Å². The van der Waals surface area contributed by atoms with Crippen molar-refractivity contribution in [2.24, 2.45) is 5.14 Å². The number of nitrogens with two attached hydrogens (primary N) is 2. The highest BCUT2D eigenvalue weighted by Crippen LogP contribution is 2.29. The summed E-state index contributed by atoms with van der Waals surface area (Å²) < 4.78 is 28.6. The van der Waals surface area contributed by atoms with Gasteiger partial charge >= 0.3 is 0 Å². The van der Waals surface area contributed by atoms with E-state index in [0.717, 1.165) is 27.9 Å². The topological polar surface area (TPSA) is 116 Å². The molecule has 7 nitrogen and oxygen atoms in total. The lowest BCUT2D eigenvalue weighted by Gasteiger charge is -2.03. The molecule has 0 atom stereocenters. The second-order valence-electron chi connectivity index (χ2n) is 6.03. The van der Waals surface area contributed by atoms with E-state index in [9.17, 15) is 8.42 Å². The Balaban J connectivity index is 1.67. The minimum Gasteiger partial charge on any atom is -0.446 e. The summed E-state index contributed by atoms with van der Waals surface area (Å²) in [6, 6.07) is 14.2. The smallest absolute Gasteiger partial charge is 0.272 e. The number of fused-ring (bicyclic) bond motifs is 3. The highest BCUT2D eigenvalue weighted by Gasteiger charge is 2.17. The van der Waals surface area contributed by atoms with Crippen LogP contribution in [0.4, 0.5) is 5.82 Å². The Labute approximate surface area is 149 Å². The fourth-order valence-corrected chi connectivity index (χ4v) is 3.41. The Morgan fingerprint density at radius 3 is 2.54 bits per heavy atom. The first-order chi connectivity index (χ1) is 12.4. The molecule has 26 heavy (non-hydrogen) atoms. The van der Waals surface area contributed by atoms with Gasteiger partial charge in [0.1, 0.15) is 23.5 Å². The van der Waals surface area contributed by atoms with Gasteiger partial charge in [-0.15, -0.1) is 0 Å². The molecule has 4 rings (SSSR count). The molecule has 2 aromatic heterocycles. The normalized spacial score (nSPS) is 12.1. The van der Waals surface area contributed by atoms with E-state index >= 15 is 0 Å². The van der Waals surface area contributed by atoms with Crippen molar-refractivity contribution < 1.29 is 18.2 Å². The molecule has 0 unspecified atom stereocenters. The zero-order valence-electron chi connectivity index (χ0n) is 14.0. The molecule has 2 heterocycles. The van der Waals surface area contributed by atoms with Crippen LogP contribution in [0, 0.1) is 6.92 Å². The molecule has 4 N–H and O–H groups in total. The average molecular weight is 369 g/mol. The molecule has 0 amide bonds. The highest BCUT2D eigenvalue weighted by atomic mass is 32.2. The number of quaternary nitrogens is 1. The Morgan fingerprint density at radius 1 is 1.08 bits per heavy atom. The third kappa shape index (κ3) is 3.05. The van der Waals surface area contributed by atoms with E-state index in [0.29, 0.717) is 18.0 Å². The Hall–Kier alpha value is -2.81.